The molecule has 0 radical (unpaired) electrons. The summed E-state index contributed by atoms with van der Waals surface area (Å²) in [4.78, 5) is 12.6. The second-order valence-electron chi connectivity index (χ2n) is 10.2. The monoisotopic (exact) mass is 346 g/mol. The first kappa shape index (κ1) is 18.0. The van der Waals surface area contributed by atoms with Crippen LogP contribution in [0.4, 0.5) is 0 Å². The molecule has 0 amide bonds. The summed E-state index contributed by atoms with van der Waals surface area (Å²) in [6.45, 7) is 6.93. The number of rotatable bonds is 3. The highest BCUT2D eigenvalue weighted by atomic mass is 16.3. The van der Waals surface area contributed by atoms with Gasteiger partial charge in [0.25, 0.3) is 0 Å². The molecule has 8 atom stereocenters. The lowest BCUT2D eigenvalue weighted by atomic mass is 9.43. The molecule has 0 aliphatic heterocycles. The molecule has 4 fully saturated rings. The van der Waals surface area contributed by atoms with Crippen LogP contribution in [0.1, 0.15) is 91.4 Å². The highest BCUT2D eigenvalue weighted by Crippen LogP contribution is 2.68. The average Bonchev–Trinajstić information content (AvgIpc) is 2.98. The van der Waals surface area contributed by atoms with E-state index >= 15 is 0 Å². The molecule has 0 aromatic carbocycles. The highest BCUT2D eigenvalue weighted by Gasteiger charge is 2.61. The Kier molecular flexibility index (Phi) is 4.58. The summed E-state index contributed by atoms with van der Waals surface area (Å²) in [5.74, 6) is 4.11. The summed E-state index contributed by atoms with van der Waals surface area (Å²) in [6.07, 6.45) is 13.0. The number of carbonyl (C=O) groups is 1. The zero-order valence-corrected chi connectivity index (χ0v) is 16.6. The van der Waals surface area contributed by atoms with Crippen LogP contribution in [-0.4, -0.2) is 17.0 Å². The summed E-state index contributed by atoms with van der Waals surface area (Å²) in [7, 11) is 0. The van der Waals surface area contributed by atoms with Crippen LogP contribution >= 0.6 is 0 Å². The van der Waals surface area contributed by atoms with Crippen molar-refractivity contribution in [3.63, 3.8) is 0 Å². The van der Waals surface area contributed by atoms with E-state index in [9.17, 15) is 9.90 Å². The fourth-order valence-electron chi connectivity index (χ4n) is 8.51. The number of ketones is 1. The van der Waals surface area contributed by atoms with Crippen LogP contribution in [-0.2, 0) is 4.79 Å². The van der Waals surface area contributed by atoms with Crippen molar-refractivity contribution in [2.24, 2.45) is 40.4 Å². The predicted molar refractivity (Wildman–Crippen MR) is 101 cm³/mol. The van der Waals surface area contributed by atoms with Crippen LogP contribution in [0, 0.1) is 40.4 Å². The normalized spacial score (nSPS) is 52.2. The topological polar surface area (TPSA) is 37.3 Å². The van der Waals surface area contributed by atoms with Crippen LogP contribution in [0.3, 0.4) is 0 Å². The highest BCUT2D eigenvalue weighted by molar-refractivity contribution is 5.81. The molecule has 0 bridgehead atoms. The van der Waals surface area contributed by atoms with Gasteiger partial charge in [0.2, 0.25) is 0 Å². The minimum Gasteiger partial charge on any atom is -0.393 e. The molecule has 2 heteroatoms. The fourth-order valence-corrected chi connectivity index (χ4v) is 8.51. The van der Waals surface area contributed by atoms with E-state index in [4.69, 9.17) is 0 Å². The molecule has 4 aliphatic rings. The van der Waals surface area contributed by atoms with Crippen molar-refractivity contribution in [1.82, 2.24) is 0 Å². The van der Waals surface area contributed by atoms with Gasteiger partial charge in [-0.15, -0.1) is 0 Å². The van der Waals surface area contributed by atoms with E-state index in [-0.39, 0.29) is 11.5 Å². The number of fused-ring (bicyclic) bond motifs is 5. The molecule has 4 aliphatic carbocycles. The Bertz CT molecular complexity index is 528. The first-order valence-electron chi connectivity index (χ1n) is 11.2. The van der Waals surface area contributed by atoms with E-state index in [1.807, 2.05) is 0 Å². The molecule has 0 aromatic heterocycles. The predicted octanol–water partition coefficient (Wildman–Crippen LogP) is 5.38. The van der Waals surface area contributed by atoms with E-state index in [2.05, 4.69) is 20.8 Å². The van der Waals surface area contributed by atoms with Gasteiger partial charge in [0, 0.05) is 12.3 Å². The van der Waals surface area contributed by atoms with E-state index < -0.39 is 0 Å². The fraction of sp³-hybridized carbons (Fsp3) is 0.957. The van der Waals surface area contributed by atoms with Crippen molar-refractivity contribution < 1.29 is 9.90 Å². The zero-order chi connectivity index (χ0) is 17.8. The van der Waals surface area contributed by atoms with Crippen LogP contribution in [0.2, 0.25) is 0 Å². The third-order valence-electron chi connectivity index (χ3n) is 9.73. The van der Waals surface area contributed by atoms with Crippen molar-refractivity contribution in [3.05, 3.63) is 0 Å². The summed E-state index contributed by atoms with van der Waals surface area (Å²) in [6, 6.07) is 0. The lowest BCUT2D eigenvalue weighted by Crippen LogP contribution is -2.55. The van der Waals surface area contributed by atoms with E-state index in [0.717, 1.165) is 49.4 Å². The van der Waals surface area contributed by atoms with Gasteiger partial charge in [-0.05, 0) is 98.7 Å². The SMILES string of the molecule is CCC(=O)[C@H]1CC[C@H]2[C@@H]3CC[C@H]4C[C@H](O)CC[C@]4(CC)[C@H]3CC[C@]12C. The third kappa shape index (κ3) is 2.49. The van der Waals surface area contributed by atoms with Crippen molar-refractivity contribution in [1.29, 1.82) is 0 Å². The van der Waals surface area contributed by atoms with Crippen molar-refractivity contribution in [3.8, 4) is 0 Å². The standard InChI is InChI=1S/C23H38O2/c1-4-21(25)20-9-8-18-17-7-6-15-14-16(24)10-13-23(15,5-2)19(17)11-12-22(18,20)3/h15-20,24H,4-14H2,1-3H3/t15-,16+,17-,18-,19-,20+,22-,23-/m0/s1. The van der Waals surface area contributed by atoms with Gasteiger partial charge in [0.15, 0.2) is 0 Å². The number of aliphatic hydroxyl groups is 1. The maximum absolute atomic E-state index is 12.6. The second-order valence-corrected chi connectivity index (χ2v) is 10.2. The summed E-state index contributed by atoms with van der Waals surface area (Å²) in [5.41, 5.74) is 0.778. The molecular formula is C23H38O2. The molecule has 0 saturated heterocycles. The first-order chi connectivity index (χ1) is 12.0. The molecule has 0 aromatic rings. The second kappa shape index (κ2) is 6.36. The van der Waals surface area contributed by atoms with E-state index in [1.54, 1.807) is 0 Å². The van der Waals surface area contributed by atoms with E-state index in [0.29, 0.717) is 17.1 Å². The molecule has 1 N–H and O–H groups in total. The Morgan fingerprint density at radius 1 is 1.00 bits per heavy atom. The molecule has 142 valence electrons. The molecule has 0 spiro atoms. The van der Waals surface area contributed by atoms with Crippen molar-refractivity contribution in [2.45, 2.75) is 97.5 Å². The minimum atomic E-state index is -0.0480. The quantitative estimate of drug-likeness (QED) is 0.745. The Hall–Kier alpha value is -0.370. The van der Waals surface area contributed by atoms with Gasteiger partial charge in [-0.3, -0.25) is 4.79 Å². The summed E-state index contributed by atoms with van der Waals surface area (Å²) >= 11 is 0. The van der Waals surface area contributed by atoms with Gasteiger partial charge in [-0.2, -0.15) is 0 Å². The molecule has 0 heterocycles. The number of carbonyl (C=O) groups excluding carboxylic acids is 1. The number of aliphatic hydroxyl groups excluding tert-OH is 1. The van der Waals surface area contributed by atoms with Gasteiger partial charge in [0.05, 0.1) is 6.10 Å². The van der Waals surface area contributed by atoms with Gasteiger partial charge in [-0.1, -0.05) is 20.8 Å². The summed E-state index contributed by atoms with van der Waals surface area (Å²) < 4.78 is 0. The van der Waals surface area contributed by atoms with E-state index in [1.165, 1.54) is 44.9 Å². The molecule has 0 unspecified atom stereocenters. The van der Waals surface area contributed by atoms with Gasteiger partial charge in [-0.25, -0.2) is 0 Å². The zero-order valence-electron chi connectivity index (χ0n) is 16.6. The lowest BCUT2D eigenvalue weighted by Gasteiger charge is -2.62. The number of hydrogen-bond acceptors (Lipinski definition) is 2. The van der Waals surface area contributed by atoms with Crippen LogP contribution in [0.15, 0.2) is 0 Å². The molecule has 25 heavy (non-hydrogen) atoms. The number of hydrogen-bond donors (Lipinski definition) is 1. The van der Waals surface area contributed by atoms with Crippen LogP contribution < -0.4 is 0 Å². The maximum Gasteiger partial charge on any atom is 0.136 e. The van der Waals surface area contributed by atoms with Crippen molar-refractivity contribution >= 4 is 5.78 Å². The van der Waals surface area contributed by atoms with Crippen LogP contribution in [0.25, 0.3) is 0 Å². The van der Waals surface area contributed by atoms with Crippen molar-refractivity contribution in [2.75, 3.05) is 0 Å². The molecular weight excluding hydrogens is 308 g/mol. The van der Waals surface area contributed by atoms with Gasteiger partial charge in [0.1, 0.15) is 5.78 Å². The minimum absolute atomic E-state index is 0.0480. The third-order valence-corrected chi connectivity index (χ3v) is 9.73. The molecule has 4 saturated carbocycles. The average molecular weight is 347 g/mol. The first-order valence-corrected chi connectivity index (χ1v) is 11.2. The van der Waals surface area contributed by atoms with Crippen LogP contribution in [0.5, 0.6) is 0 Å². The number of Topliss-reactive ketones (excluding diaryl/α,β-unsaturated/α-hetero) is 1. The van der Waals surface area contributed by atoms with Gasteiger partial charge >= 0.3 is 0 Å². The Morgan fingerprint density at radius 2 is 1.80 bits per heavy atom. The molecule has 2 nitrogen and oxygen atoms in total. The lowest BCUT2D eigenvalue weighted by molar-refractivity contribution is -0.145. The smallest absolute Gasteiger partial charge is 0.136 e. The Morgan fingerprint density at radius 3 is 2.52 bits per heavy atom. The van der Waals surface area contributed by atoms with Gasteiger partial charge < -0.3 is 5.11 Å². The largest absolute Gasteiger partial charge is 0.393 e. The summed E-state index contributed by atoms with van der Waals surface area (Å²) in [5, 5.41) is 10.2. The Labute approximate surface area is 154 Å². The molecule has 4 rings (SSSR count). The Balaban J connectivity index is 1.62. The maximum atomic E-state index is 12.6.